The number of methoxy groups -OCH3 is 1. The van der Waals surface area contributed by atoms with E-state index in [1.54, 1.807) is 5.38 Å². The smallest absolute Gasteiger partial charge is 0.339 e. The van der Waals surface area contributed by atoms with E-state index in [-0.39, 0.29) is 32.8 Å². The molecule has 0 fully saturated rings. The maximum atomic E-state index is 12.5. The van der Waals surface area contributed by atoms with Gasteiger partial charge in [-0.15, -0.1) is 11.3 Å². The van der Waals surface area contributed by atoms with E-state index in [4.69, 9.17) is 31.5 Å². The van der Waals surface area contributed by atoms with Crippen molar-refractivity contribution >= 4 is 45.7 Å². The third-order valence-corrected chi connectivity index (χ3v) is 4.96. The highest BCUT2D eigenvalue weighted by Gasteiger charge is 2.23. The van der Waals surface area contributed by atoms with Crippen LogP contribution in [0, 0.1) is 5.92 Å². The normalized spacial score (nSPS) is 11.7. The fourth-order valence-electron chi connectivity index (χ4n) is 2.32. The number of ether oxygens (including phenoxy) is 3. The fraction of sp³-hybridized carbons (Fsp3) is 0.350. The molecule has 0 saturated heterocycles. The first kappa shape index (κ1) is 23.5. The Hall–Kier alpha value is -2.78. The summed E-state index contributed by atoms with van der Waals surface area (Å²) in [5.41, 5.74) is 5.54. The minimum Gasteiger partial charge on any atom is -0.493 e. The number of esters is 1. The molecule has 1 unspecified atom stereocenters. The van der Waals surface area contributed by atoms with E-state index in [0.29, 0.717) is 12.4 Å². The number of thiophene rings is 1. The molecule has 0 saturated carbocycles. The van der Waals surface area contributed by atoms with Gasteiger partial charge in [0.15, 0.2) is 17.6 Å². The summed E-state index contributed by atoms with van der Waals surface area (Å²) in [5.74, 6) is -1.17. The Morgan fingerprint density at radius 3 is 2.53 bits per heavy atom. The number of hydrogen-bond donors (Lipinski definition) is 2. The van der Waals surface area contributed by atoms with Gasteiger partial charge in [-0.2, -0.15) is 0 Å². The van der Waals surface area contributed by atoms with E-state index in [0.717, 1.165) is 11.3 Å². The Morgan fingerprint density at radius 1 is 1.23 bits per heavy atom. The summed E-state index contributed by atoms with van der Waals surface area (Å²) in [6.45, 7) is 5.80. The Labute approximate surface area is 183 Å². The summed E-state index contributed by atoms with van der Waals surface area (Å²) in [6.07, 6.45) is -1.14. The molecule has 10 heteroatoms. The molecule has 2 aromatic rings. The number of amides is 2. The first-order chi connectivity index (χ1) is 14.1. The van der Waals surface area contributed by atoms with E-state index in [2.05, 4.69) is 5.32 Å². The van der Waals surface area contributed by atoms with Gasteiger partial charge in [0.25, 0.3) is 11.8 Å². The Bertz CT molecular complexity index is 943. The van der Waals surface area contributed by atoms with Gasteiger partial charge < -0.3 is 25.3 Å². The number of anilines is 1. The SMILES string of the molecule is COc1cc(C(=O)OC(C)C(=O)Nc2sccc2C(N)=O)cc(Cl)c1OCC(C)C. The van der Waals surface area contributed by atoms with Gasteiger partial charge in [0.05, 0.1) is 29.9 Å². The number of carbonyl (C=O) groups excluding carboxylic acids is 3. The topological polar surface area (TPSA) is 117 Å². The first-order valence-corrected chi connectivity index (χ1v) is 10.3. The molecule has 0 aliphatic heterocycles. The van der Waals surface area contributed by atoms with Crippen molar-refractivity contribution in [1.82, 2.24) is 0 Å². The number of hydrogen-bond acceptors (Lipinski definition) is 7. The molecule has 0 aliphatic rings. The quantitative estimate of drug-likeness (QED) is 0.557. The summed E-state index contributed by atoms with van der Waals surface area (Å²) < 4.78 is 16.1. The van der Waals surface area contributed by atoms with Crippen LogP contribution in [0.5, 0.6) is 11.5 Å². The van der Waals surface area contributed by atoms with Crippen molar-refractivity contribution in [2.75, 3.05) is 19.0 Å². The number of halogens is 1. The number of carbonyl (C=O) groups is 3. The van der Waals surface area contributed by atoms with Crippen LogP contribution in [0.15, 0.2) is 23.6 Å². The lowest BCUT2D eigenvalue weighted by Crippen LogP contribution is -2.30. The van der Waals surface area contributed by atoms with Crippen molar-refractivity contribution in [1.29, 1.82) is 0 Å². The molecule has 8 nitrogen and oxygen atoms in total. The minimum absolute atomic E-state index is 0.0994. The van der Waals surface area contributed by atoms with Gasteiger partial charge in [-0.1, -0.05) is 25.4 Å². The summed E-state index contributed by atoms with van der Waals surface area (Å²) in [5, 5.41) is 4.61. The lowest BCUT2D eigenvalue weighted by atomic mass is 10.2. The molecule has 162 valence electrons. The second-order valence-corrected chi connectivity index (χ2v) is 8.08. The molecule has 1 heterocycles. The Balaban J connectivity index is 2.10. The maximum absolute atomic E-state index is 12.5. The van der Waals surface area contributed by atoms with Gasteiger partial charge in [-0.3, -0.25) is 9.59 Å². The Morgan fingerprint density at radius 2 is 1.93 bits per heavy atom. The minimum atomic E-state index is -1.14. The third-order valence-electron chi connectivity index (χ3n) is 3.85. The standard InChI is InChI=1S/C20H23ClN2O6S/c1-10(2)9-28-16-14(21)7-12(8-15(16)27-4)20(26)29-11(3)18(25)23-19-13(17(22)24)5-6-30-19/h5-8,10-11H,9H2,1-4H3,(H2,22,24)(H,23,25). The van der Waals surface area contributed by atoms with Gasteiger partial charge in [-0.05, 0) is 36.4 Å². The van der Waals surface area contributed by atoms with Crippen LogP contribution < -0.4 is 20.5 Å². The van der Waals surface area contributed by atoms with E-state index in [1.807, 2.05) is 13.8 Å². The summed E-state index contributed by atoms with van der Waals surface area (Å²) in [4.78, 5) is 36.2. The van der Waals surface area contributed by atoms with Crippen LogP contribution in [-0.2, 0) is 9.53 Å². The molecule has 3 N–H and O–H groups in total. The van der Waals surface area contributed by atoms with Gasteiger partial charge in [0, 0.05) is 0 Å². The predicted octanol–water partition coefficient (Wildman–Crippen LogP) is 3.73. The van der Waals surface area contributed by atoms with Crippen LogP contribution in [0.25, 0.3) is 0 Å². The zero-order chi connectivity index (χ0) is 22.4. The number of primary amides is 1. The molecule has 1 aromatic heterocycles. The molecule has 0 spiro atoms. The highest BCUT2D eigenvalue weighted by molar-refractivity contribution is 7.14. The lowest BCUT2D eigenvalue weighted by Gasteiger charge is -2.16. The zero-order valence-electron chi connectivity index (χ0n) is 17.0. The number of rotatable bonds is 9. The van der Waals surface area contributed by atoms with Crippen LogP contribution in [0.1, 0.15) is 41.5 Å². The monoisotopic (exact) mass is 454 g/mol. The molecule has 0 bridgehead atoms. The Kier molecular flexibility index (Phi) is 8.08. The number of benzene rings is 1. The van der Waals surface area contributed by atoms with Crippen molar-refractivity contribution in [3.05, 3.63) is 39.7 Å². The predicted molar refractivity (Wildman–Crippen MR) is 115 cm³/mol. The van der Waals surface area contributed by atoms with Gasteiger partial charge in [0.1, 0.15) is 5.00 Å². The summed E-state index contributed by atoms with van der Waals surface area (Å²) >= 11 is 7.38. The molecule has 1 aromatic carbocycles. The van der Waals surface area contributed by atoms with E-state index >= 15 is 0 Å². The maximum Gasteiger partial charge on any atom is 0.339 e. The average molecular weight is 455 g/mol. The summed E-state index contributed by atoms with van der Waals surface area (Å²) in [7, 11) is 1.43. The second-order valence-electron chi connectivity index (χ2n) is 6.76. The highest BCUT2D eigenvalue weighted by atomic mass is 35.5. The van der Waals surface area contributed by atoms with Crippen LogP contribution in [-0.4, -0.2) is 37.6 Å². The van der Waals surface area contributed by atoms with Crippen molar-refractivity contribution in [2.45, 2.75) is 26.9 Å². The van der Waals surface area contributed by atoms with Crippen LogP contribution >= 0.6 is 22.9 Å². The average Bonchev–Trinajstić information content (AvgIpc) is 3.14. The number of nitrogens with one attached hydrogen (secondary N) is 1. The molecule has 30 heavy (non-hydrogen) atoms. The third kappa shape index (κ3) is 5.87. The van der Waals surface area contributed by atoms with Crippen LogP contribution in [0.2, 0.25) is 5.02 Å². The van der Waals surface area contributed by atoms with Crippen molar-refractivity contribution in [3.8, 4) is 11.5 Å². The molecular weight excluding hydrogens is 432 g/mol. The van der Waals surface area contributed by atoms with E-state index in [9.17, 15) is 14.4 Å². The van der Waals surface area contributed by atoms with Crippen LogP contribution in [0.4, 0.5) is 5.00 Å². The second kappa shape index (κ2) is 10.3. The molecule has 1 atom stereocenters. The lowest BCUT2D eigenvalue weighted by molar-refractivity contribution is -0.123. The fourth-order valence-corrected chi connectivity index (χ4v) is 3.38. The largest absolute Gasteiger partial charge is 0.493 e. The molecule has 0 radical (unpaired) electrons. The highest BCUT2D eigenvalue weighted by Crippen LogP contribution is 2.37. The van der Waals surface area contributed by atoms with Crippen molar-refractivity contribution in [3.63, 3.8) is 0 Å². The van der Waals surface area contributed by atoms with Gasteiger partial charge in [-0.25, -0.2) is 4.79 Å². The van der Waals surface area contributed by atoms with E-state index in [1.165, 1.54) is 32.2 Å². The molecule has 2 rings (SSSR count). The first-order valence-electron chi connectivity index (χ1n) is 9.03. The zero-order valence-corrected chi connectivity index (χ0v) is 18.6. The number of nitrogens with two attached hydrogens (primary N) is 1. The van der Waals surface area contributed by atoms with Gasteiger partial charge in [0.2, 0.25) is 0 Å². The molecule has 0 aliphatic carbocycles. The molecule has 2 amide bonds. The van der Waals surface area contributed by atoms with Crippen molar-refractivity contribution < 1.29 is 28.6 Å². The van der Waals surface area contributed by atoms with Crippen molar-refractivity contribution in [2.24, 2.45) is 11.7 Å². The van der Waals surface area contributed by atoms with Gasteiger partial charge >= 0.3 is 5.97 Å². The summed E-state index contributed by atoms with van der Waals surface area (Å²) in [6, 6.07) is 4.31. The van der Waals surface area contributed by atoms with Crippen LogP contribution in [0.3, 0.4) is 0 Å². The molecular formula is C20H23ClN2O6S. The van der Waals surface area contributed by atoms with E-state index < -0.39 is 23.9 Å².